The predicted molar refractivity (Wildman–Crippen MR) is 69.6 cm³/mol. The van der Waals surface area contributed by atoms with Gasteiger partial charge in [0.25, 0.3) is 0 Å². The lowest BCUT2D eigenvalue weighted by Gasteiger charge is -2.37. The molecule has 0 spiro atoms. The SMILES string of the molecule is CC(C)C1C[C@H](c2ccccc2)CN(C)C1. The number of piperidine rings is 1. The topological polar surface area (TPSA) is 3.24 Å². The third kappa shape index (κ3) is 2.65. The van der Waals surface area contributed by atoms with Crippen molar-refractivity contribution in [3.63, 3.8) is 0 Å². The minimum atomic E-state index is 0.729. The molecular weight excluding hydrogens is 194 g/mol. The molecule has 1 heteroatoms. The van der Waals surface area contributed by atoms with Crippen molar-refractivity contribution < 1.29 is 0 Å². The summed E-state index contributed by atoms with van der Waals surface area (Å²) < 4.78 is 0. The van der Waals surface area contributed by atoms with Crippen LogP contribution >= 0.6 is 0 Å². The summed E-state index contributed by atoms with van der Waals surface area (Å²) in [7, 11) is 2.25. The van der Waals surface area contributed by atoms with E-state index in [0.717, 1.165) is 17.8 Å². The average molecular weight is 217 g/mol. The van der Waals surface area contributed by atoms with Gasteiger partial charge in [0.15, 0.2) is 0 Å². The van der Waals surface area contributed by atoms with Gasteiger partial charge in [0.2, 0.25) is 0 Å². The van der Waals surface area contributed by atoms with Crippen molar-refractivity contribution >= 4 is 0 Å². The summed E-state index contributed by atoms with van der Waals surface area (Å²) in [6.45, 7) is 7.19. The van der Waals surface area contributed by atoms with Gasteiger partial charge in [-0.15, -0.1) is 0 Å². The Kier molecular flexibility index (Phi) is 3.65. The van der Waals surface area contributed by atoms with Gasteiger partial charge in [-0.3, -0.25) is 0 Å². The standard InChI is InChI=1S/C15H23N/c1-12(2)14-9-15(11-16(3)10-14)13-7-5-4-6-8-13/h4-8,12,14-15H,9-11H2,1-3H3/t14?,15-/m0/s1. The number of rotatable bonds is 2. The summed E-state index contributed by atoms with van der Waals surface area (Å²) in [5.41, 5.74) is 1.51. The molecule has 0 radical (unpaired) electrons. The summed E-state index contributed by atoms with van der Waals surface area (Å²) in [5.74, 6) is 2.38. The molecule has 1 aromatic rings. The fourth-order valence-electron chi connectivity index (χ4n) is 2.82. The third-order valence-electron chi connectivity index (χ3n) is 3.88. The zero-order chi connectivity index (χ0) is 11.5. The number of likely N-dealkylation sites (tertiary alicyclic amines) is 1. The van der Waals surface area contributed by atoms with E-state index in [4.69, 9.17) is 0 Å². The molecule has 0 bridgehead atoms. The van der Waals surface area contributed by atoms with Crippen LogP contribution in [0.15, 0.2) is 30.3 Å². The minimum Gasteiger partial charge on any atom is -0.305 e. The largest absolute Gasteiger partial charge is 0.305 e. The molecule has 1 aliphatic heterocycles. The van der Waals surface area contributed by atoms with Crippen molar-refractivity contribution in [1.29, 1.82) is 0 Å². The minimum absolute atomic E-state index is 0.729. The zero-order valence-corrected chi connectivity index (χ0v) is 10.7. The Labute approximate surface area is 99.5 Å². The van der Waals surface area contributed by atoms with Gasteiger partial charge in [-0.1, -0.05) is 44.2 Å². The predicted octanol–water partition coefficient (Wildman–Crippen LogP) is 3.38. The summed E-state index contributed by atoms with van der Waals surface area (Å²) in [5, 5.41) is 0. The maximum absolute atomic E-state index is 2.49. The molecule has 1 heterocycles. The highest BCUT2D eigenvalue weighted by Crippen LogP contribution is 2.32. The highest BCUT2D eigenvalue weighted by Gasteiger charge is 2.27. The van der Waals surface area contributed by atoms with Crippen molar-refractivity contribution in [2.75, 3.05) is 20.1 Å². The van der Waals surface area contributed by atoms with Crippen LogP contribution in [0.3, 0.4) is 0 Å². The first-order chi connectivity index (χ1) is 7.66. The van der Waals surface area contributed by atoms with E-state index in [9.17, 15) is 0 Å². The van der Waals surface area contributed by atoms with Crippen molar-refractivity contribution in [3.8, 4) is 0 Å². The van der Waals surface area contributed by atoms with Gasteiger partial charge in [0.05, 0.1) is 0 Å². The smallest absolute Gasteiger partial charge is 0.00474 e. The Bertz CT molecular complexity index is 317. The van der Waals surface area contributed by atoms with Crippen LogP contribution in [0.1, 0.15) is 31.7 Å². The quantitative estimate of drug-likeness (QED) is 0.734. The first-order valence-electron chi connectivity index (χ1n) is 6.40. The lowest BCUT2D eigenvalue weighted by Crippen LogP contribution is -2.38. The maximum Gasteiger partial charge on any atom is 0.00474 e. The Morgan fingerprint density at radius 2 is 1.81 bits per heavy atom. The van der Waals surface area contributed by atoms with Crippen LogP contribution in [0.2, 0.25) is 0 Å². The van der Waals surface area contributed by atoms with Gasteiger partial charge in [-0.2, -0.15) is 0 Å². The Hall–Kier alpha value is -0.820. The van der Waals surface area contributed by atoms with E-state index >= 15 is 0 Å². The van der Waals surface area contributed by atoms with Crippen molar-refractivity contribution in [1.82, 2.24) is 4.90 Å². The van der Waals surface area contributed by atoms with E-state index in [-0.39, 0.29) is 0 Å². The lowest BCUT2D eigenvalue weighted by atomic mass is 9.80. The third-order valence-corrected chi connectivity index (χ3v) is 3.88. The molecule has 1 aromatic carbocycles. The molecule has 1 fully saturated rings. The Balaban J connectivity index is 2.11. The summed E-state index contributed by atoms with van der Waals surface area (Å²) in [4.78, 5) is 2.49. The van der Waals surface area contributed by atoms with Crippen molar-refractivity contribution in [2.24, 2.45) is 11.8 Å². The maximum atomic E-state index is 2.49. The van der Waals surface area contributed by atoms with Gasteiger partial charge >= 0.3 is 0 Å². The zero-order valence-electron chi connectivity index (χ0n) is 10.7. The number of hydrogen-bond donors (Lipinski definition) is 0. The molecule has 2 rings (SSSR count). The number of nitrogens with zero attached hydrogens (tertiary/aromatic N) is 1. The monoisotopic (exact) mass is 217 g/mol. The van der Waals surface area contributed by atoms with E-state index in [1.165, 1.54) is 25.1 Å². The van der Waals surface area contributed by atoms with Crippen LogP contribution < -0.4 is 0 Å². The molecule has 16 heavy (non-hydrogen) atoms. The molecule has 0 aromatic heterocycles. The number of likely N-dealkylation sites (N-methyl/N-ethyl adjacent to an activating group) is 1. The molecule has 1 aliphatic rings. The highest BCUT2D eigenvalue weighted by molar-refractivity contribution is 5.20. The number of hydrogen-bond acceptors (Lipinski definition) is 1. The van der Waals surface area contributed by atoms with E-state index in [2.05, 4.69) is 56.1 Å². The van der Waals surface area contributed by atoms with E-state index < -0.39 is 0 Å². The molecule has 88 valence electrons. The van der Waals surface area contributed by atoms with Crippen LogP contribution in [-0.4, -0.2) is 25.0 Å². The summed E-state index contributed by atoms with van der Waals surface area (Å²) >= 11 is 0. The van der Waals surface area contributed by atoms with Crippen LogP contribution in [0.4, 0.5) is 0 Å². The first-order valence-corrected chi connectivity index (χ1v) is 6.40. The molecule has 1 saturated heterocycles. The normalized spacial score (nSPS) is 27.2. The Morgan fingerprint density at radius 3 is 2.44 bits per heavy atom. The molecular formula is C15H23N. The van der Waals surface area contributed by atoms with Crippen LogP contribution in [0.5, 0.6) is 0 Å². The molecule has 0 saturated carbocycles. The van der Waals surface area contributed by atoms with Gasteiger partial charge in [0.1, 0.15) is 0 Å². The first kappa shape index (κ1) is 11.7. The van der Waals surface area contributed by atoms with Gasteiger partial charge in [-0.25, -0.2) is 0 Å². The second kappa shape index (κ2) is 5.01. The highest BCUT2D eigenvalue weighted by atomic mass is 15.1. The number of benzene rings is 1. The fraction of sp³-hybridized carbons (Fsp3) is 0.600. The molecule has 0 N–H and O–H groups in total. The van der Waals surface area contributed by atoms with Crippen molar-refractivity contribution in [3.05, 3.63) is 35.9 Å². The average Bonchev–Trinajstić information content (AvgIpc) is 2.29. The van der Waals surface area contributed by atoms with Gasteiger partial charge in [0, 0.05) is 13.1 Å². The summed E-state index contributed by atoms with van der Waals surface area (Å²) in [6, 6.07) is 11.0. The van der Waals surface area contributed by atoms with Gasteiger partial charge < -0.3 is 4.90 Å². The second-order valence-electron chi connectivity index (χ2n) is 5.57. The Morgan fingerprint density at radius 1 is 1.12 bits per heavy atom. The van der Waals surface area contributed by atoms with E-state index in [0.29, 0.717) is 0 Å². The fourth-order valence-corrected chi connectivity index (χ4v) is 2.82. The van der Waals surface area contributed by atoms with Crippen LogP contribution in [0, 0.1) is 11.8 Å². The molecule has 1 nitrogen and oxygen atoms in total. The van der Waals surface area contributed by atoms with E-state index in [1.54, 1.807) is 0 Å². The molecule has 0 aliphatic carbocycles. The van der Waals surface area contributed by atoms with Crippen molar-refractivity contribution in [2.45, 2.75) is 26.2 Å². The summed E-state index contributed by atoms with van der Waals surface area (Å²) in [6.07, 6.45) is 1.35. The molecule has 0 amide bonds. The van der Waals surface area contributed by atoms with Gasteiger partial charge in [-0.05, 0) is 36.8 Å². The van der Waals surface area contributed by atoms with Crippen LogP contribution in [0.25, 0.3) is 0 Å². The molecule has 1 unspecified atom stereocenters. The van der Waals surface area contributed by atoms with E-state index in [1.807, 2.05) is 0 Å². The van der Waals surface area contributed by atoms with Crippen LogP contribution in [-0.2, 0) is 0 Å². The lowest BCUT2D eigenvalue weighted by molar-refractivity contribution is 0.153. The molecule has 2 atom stereocenters. The second-order valence-corrected chi connectivity index (χ2v) is 5.57.